The lowest BCUT2D eigenvalue weighted by Gasteiger charge is -2.30. The zero-order valence-electron chi connectivity index (χ0n) is 14.9. The van der Waals surface area contributed by atoms with E-state index in [1.165, 1.54) is 24.2 Å². The normalized spacial score (nSPS) is 24.2. The van der Waals surface area contributed by atoms with E-state index in [9.17, 15) is 9.90 Å². The maximum Gasteiger partial charge on any atom is 0.267 e. The second-order valence-electron chi connectivity index (χ2n) is 7.45. The second kappa shape index (κ2) is 7.98. The highest BCUT2D eigenvalue weighted by atomic mass is 32.1. The van der Waals surface area contributed by atoms with Crippen molar-refractivity contribution >= 4 is 11.3 Å². The van der Waals surface area contributed by atoms with Gasteiger partial charge in [-0.2, -0.15) is 5.10 Å². The minimum absolute atomic E-state index is 0.0565. The number of nitrogens with one attached hydrogen (secondary N) is 1. The van der Waals surface area contributed by atoms with Crippen LogP contribution in [-0.2, 0) is 12.8 Å². The number of aliphatic hydroxyl groups is 1. The highest BCUT2D eigenvalue weighted by Crippen LogP contribution is 2.28. The number of aryl methyl sites for hydroxylation is 2. The monoisotopic (exact) mass is 374 g/mol. The number of hydrogen-bond donors (Lipinski definition) is 2. The van der Waals surface area contributed by atoms with Crippen LogP contribution in [0.3, 0.4) is 0 Å². The molecule has 0 spiro atoms. The average molecular weight is 375 g/mol. The zero-order valence-corrected chi connectivity index (χ0v) is 15.7. The molecule has 4 rings (SSSR count). The van der Waals surface area contributed by atoms with Gasteiger partial charge in [-0.15, -0.1) is 11.3 Å². The molecule has 0 bridgehead atoms. The molecule has 7 heteroatoms. The first-order valence-corrected chi connectivity index (χ1v) is 10.6. The summed E-state index contributed by atoms with van der Waals surface area (Å²) < 4.78 is 1.74. The van der Waals surface area contributed by atoms with E-state index in [4.69, 9.17) is 5.10 Å². The number of rotatable bonds is 5. The van der Waals surface area contributed by atoms with Crippen LogP contribution in [0, 0.1) is 0 Å². The van der Waals surface area contributed by atoms with Crippen LogP contribution in [0.5, 0.6) is 0 Å². The average Bonchev–Trinajstić information content (AvgIpc) is 3.21. The molecule has 6 nitrogen and oxygen atoms in total. The van der Waals surface area contributed by atoms with Crippen molar-refractivity contribution in [3.05, 3.63) is 44.3 Å². The SMILES string of the molecule is O=c1cc2c(nn1C1CCC(NCC(O)c3cscn3)CC1)CCCC2. The highest BCUT2D eigenvalue weighted by Gasteiger charge is 2.25. The molecule has 2 aromatic heterocycles. The molecular weight excluding hydrogens is 348 g/mol. The van der Waals surface area contributed by atoms with Crippen LogP contribution in [0.4, 0.5) is 0 Å². The summed E-state index contributed by atoms with van der Waals surface area (Å²) in [6.07, 6.45) is 7.70. The molecule has 1 unspecified atom stereocenters. The number of thiazole rings is 1. The molecule has 0 aliphatic heterocycles. The number of aromatic nitrogens is 3. The number of aliphatic hydroxyl groups excluding tert-OH is 1. The molecule has 0 radical (unpaired) electrons. The van der Waals surface area contributed by atoms with E-state index in [1.807, 2.05) is 11.4 Å². The van der Waals surface area contributed by atoms with Gasteiger partial charge in [0.05, 0.1) is 22.9 Å². The Kier molecular flexibility index (Phi) is 5.47. The van der Waals surface area contributed by atoms with Crippen LogP contribution >= 0.6 is 11.3 Å². The van der Waals surface area contributed by atoms with E-state index in [0.29, 0.717) is 12.6 Å². The van der Waals surface area contributed by atoms with Crippen LogP contribution < -0.4 is 10.9 Å². The third-order valence-electron chi connectivity index (χ3n) is 5.67. The van der Waals surface area contributed by atoms with Gasteiger partial charge in [0.15, 0.2) is 0 Å². The Morgan fingerprint density at radius 2 is 2.08 bits per heavy atom. The Labute approximate surface area is 157 Å². The van der Waals surface area contributed by atoms with Gasteiger partial charge in [-0.05, 0) is 56.9 Å². The Hall–Kier alpha value is -1.57. The summed E-state index contributed by atoms with van der Waals surface area (Å²) in [5.74, 6) is 0. The maximum absolute atomic E-state index is 12.5. The quantitative estimate of drug-likeness (QED) is 0.840. The van der Waals surface area contributed by atoms with Gasteiger partial charge < -0.3 is 10.4 Å². The van der Waals surface area contributed by atoms with Gasteiger partial charge in [0.2, 0.25) is 0 Å². The molecule has 26 heavy (non-hydrogen) atoms. The summed E-state index contributed by atoms with van der Waals surface area (Å²) >= 11 is 1.50. The summed E-state index contributed by atoms with van der Waals surface area (Å²) in [4.78, 5) is 16.6. The fraction of sp³-hybridized carbons (Fsp3) is 0.632. The van der Waals surface area contributed by atoms with Crippen molar-refractivity contribution in [3.8, 4) is 0 Å². The van der Waals surface area contributed by atoms with Gasteiger partial charge in [-0.1, -0.05) is 0 Å². The van der Waals surface area contributed by atoms with E-state index < -0.39 is 6.10 Å². The van der Waals surface area contributed by atoms with E-state index in [1.54, 1.807) is 10.2 Å². The fourth-order valence-electron chi connectivity index (χ4n) is 4.13. The summed E-state index contributed by atoms with van der Waals surface area (Å²) in [5.41, 5.74) is 4.82. The molecule has 2 aliphatic rings. The van der Waals surface area contributed by atoms with Gasteiger partial charge in [0.25, 0.3) is 5.56 Å². The van der Waals surface area contributed by atoms with Crippen LogP contribution in [0.2, 0.25) is 0 Å². The molecule has 1 atom stereocenters. The summed E-state index contributed by atoms with van der Waals surface area (Å²) in [7, 11) is 0. The van der Waals surface area contributed by atoms with E-state index in [-0.39, 0.29) is 11.6 Å². The van der Waals surface area contributed by atoms with Crippen molar-refractivity contribution in [1.82, 2.24) is 20.1 Å². The number of fused-ring (bicyclic) bond motifs is 1. The first-order valence-electron chi connectivity index (χ1n) is 9.62. The molecule has 2 aromatic rings. The zero-order chi connectivity index (χ0) is 17.9. The van der Waals surface area contributed by atoms with Crippen molar-refractivity contribution in [2.75, 3.05) is 6.54 Å². The Morgan fingerprint density at radius 1 is 1.27 bits per heavy atom. The van der Waals surface area contributed by atoms with E-state index >= 15 is 0 Å². The lowest BCUT2D eigenvalue weighted by Crippen LogP contribution is -2.38. The standard InChI is InChI=1S/C19H26N4O2S/c24-18(17-11-26-12-21-17)10-20-14-5-7-15(8-6-14)23-19(25)9-13-3-1-2-4-16(13)22-23/h9,11-12,14-15,18,20,24H,1-8,10H2. The van der Waals surface area contributed by atoms with Crippen molar-refractivity contribution in [3.63, 3.8) is 0 Å². The topological polar surface area (TPSA) is 80.0 Å². The number of nitrogens with zero attached hydrogens (tertiary/aromatic N) is 3. The highest BCUT2D eigenvalue weighted by molar-refractivity contribution is 7.07. The van der Waals surface area contributed by atoms with Crippen molar-refractivity contribution in [1.29, 1.82) is 0 Å². The molecule has 0 aromatic carbocycles. The van der Waals surface area contributed by atoms with Gasteiger partial charge in [0, 0.05) is 24.0 Å². The third kappa shape index (κ3) is 3.89. The molecule has 0 saturated heterocycles. The minimum Gasteiger partial charge on any atom is -0.385 e. The minimum atomic E-state index is -0.552. The largest absolute Gasteiger partial charge is 0.385 e. The van der Waals surface area contributed by atoms with Gasteiger partial charge in [0.1, 0.15) is 6.10 Å². The first-order chi connectivity index (χ1) is 12.7. The van der Waals surface area contributed by atoms with Crippen molar-refractivity contribution in [2.45, 2.75) is 69.6 Å². The smallest absolute Gasteiger partial charge is 0.267 e. The van der Waals surface area contributed by atoms with E-state index in [0.717, 1.165) is 55.5 Å². The van der Waals surface area contributed by atoms with Crippen LogP contribution in [0.25, 0.3) is 0 Å². The van der Waals surface area contributed by atoms with E-state index in [2.05, 4.69) is 10.3 Å². The first kappa shape index (κ1) is 17.8. The molecule has 1 saturated carbocycles. The summed E-state index contributed by atoms with van der Waals surface area (Å²) in [5, 5.41) is 20.2. The predicted octanol–water partition coefficient (Wildman–Crippen LogP) is 2.39. The molecule has 2 N–H and O–H groups in total. The molecule has 140 valence electrons. The van der Waals surface area contributed by atoms with Crippen molar-refractivity contribution < 1.29 is 5.11 Å². The Bertz CT molecular complexity index is 781. The van der Waals surface area contributed by atoms with Crippen LogP contribution in [0.1, 0.15) is 67.6 Å². The molecular formula is C19H26N4O2S. The third-order valence-corrected chi connectivity index (χ3v) is 6.27. The lowest BCUT2D eigenvalue weighted by molar-refractivity contribution is 0.158. The predicted molar refractivity (Wildman–Crippen MR) is 102 cm³/mol. The molecule has 0 amide bonds. The molecule has 1 fully saturated rings. The lowest BCUT2D eigenvalue weighted by atomic mass is 9.91. The Morgan fingerprint density at radius 3 is 2.85 bits per heavy atom. The van der Waals surface area contributed by atoms with Crippen LogP contribution in [0.15, 0.2) is 21.8 Å². The van der Waals surface area contributed by atoms with Crippen LogP contribution in [-0.4, -0.2) is 32.5 Å². The summed E-state index contributed by atoms with van der Waals surface area (Å²) in [6.45, 7) is 0.524. The second-order valence-corrected chi connectivity index (χ2v) is 8.17. The molecule has 2 aliphatic carbocycles. The summed E-state index contributed by atoms with van der Waals surface area (Å²) in [6, 6.07) is 2.40. The van der Waals surface area contributed by atoms with Crippen molar-refractivity contribution in [2.24, 2.45) is 0 Å². The van der Waals surface area contributed by atoms with Gasteiger partial charge in [-0.3, -0.25) is 4.79 Å². The fourth-order valence-corrected chi connectivity index (χ4v) is 4.73. The van der Waals surface area contributed by atoms with Gasteiger partial charge >= 0.3 is 0 Å². The maximum atomic E-state index is 12.5. The van der Waals surface area contributed by atoms with Gasteiger partial charge in [-0.25, -0.2) is 9.67 Å². The Balaban J connectivity index is 1.33. The number of hydrogen-bond acceptors (Lipinski definition) is 6. The molecule has 2 heterocycles.